The Morgan fingerprint density at radius 1 is 0.622 bits per heavy atom. The molecule has 0 unspecified atom stereocenters. The van der Waals surface area contributed by atoms with Crippen LogP contribution in [0.25, 0.3) is 0 Å². The standard InChI is InChI=1S/C38H66O7/c1-4-5-6-7-8-9-10-11-14-17-20-23-27-35(40)36(41)28-25-30-38(43)45-34(31-39)32-44-37(42)29-24-21-18-15-12-13-16-19-22-26-33(2)3/h5-6,8-9,11,14,20,23,33-36,39-41H,4,7,10,12-13,15-19,21-22,24-32H2,1-3H3/b6-5-,9-8-,14-11-,23-20-/t34-,35+,36+/m0/s1. The van der Waals surface area contributed by atoms with E-state index in [1.54, 1.807) is 0 Å². The number of aliphatic hydroxyl groups excluding tert-OH is 3. The normalized spacial score (nSPS) is 14.3. The van der Waals surface area contributed by atoms with Gasteiger partial charge in [0, 0.05) is 12.8 Å². The first kappa shape index (κ1) is 42.8. The van der Waals surface area contributed by atoms with E-state index >= 15 is 0 Å². The van der Waals surface area contributed by atoms with E-state index in [1.807, 2.05) is 12.2 Å². The van der Waals surface area contributed by atoms with Gasteiger partial charge in [-0.25, -0.2) is 0 Å². The van der Waals surface area contributed by atoms with Gasteiger partial charge in [-0.05, 0) is 57.3 Å². The molecule has 0 saturated carbocycles. The molecule has 0 aliphatic rings. The highest BCUT2D eigenvalue weighted by Crippen LogP contribution is 2.14. The lowest BCUT2D eigenvalue weighted by Gasteiger charge is -2.17. The van der Waals surface area contributed by atoms with Crippen molar-refractivity contribution in [3.05, 3.63) is 48.6 Å². The van der Waals surface area contributed by atoms with Crippen LogP contribution in [0.4, 0.5) is 0 Å². The van der Waals surface area contributed by atoms with Gasteiger partial charge in [0.15, 0.2) is 6.10 Å². The number of hydrogen-bond acceptors (Lipinski definition) is 7. The van der Waals surface area contributed by atoms with E-state index in [0.29, 0.717) is 19.3 Å². The Balaban J connectivity index is 3.88. The maximum atomic E-state index is 12.2. The quantitative estimate of drug-likeness (QED) is 0.0413. The number of esters is 2. The third kappa shape index (κ3) is 30.2. The lowest BCUT2D eigenvalue weighted by Crippen LogP contribution is -2.29. The van der Waals surface area contributed by atoms with Gasteiger partial charge in [0.1, 0.15) is 6.61 Å². The van der Waals surface area contributed by atoms with Gasteiger partial charge in [-0.3, -0.25) is 9.59 Å². The third-order valence-electron chi connectivity index (χ3n) is 7.52. The number of allylic oxidation sites excluding steroid dienone is 7. The van der Waals surface area contributed by atoms with Crippen LogP contribution in [-0.4, -0.2) is 58.8 Å². The second-order valence-corrected chi connectivity index (χ2v) is 12.4. The molecule has 0 aromatic rings. The second kappa shape index (κ2) is 31.7. The summed E-state index contributed by atoms with van der Waals surface area (Å²) in [6, 6.07) is 0. The molecule has 260 valence electrons. The van der Waals surface area contributed by atoms with Crippen LogP contribution in [0.2, 0.25) is 0 Å². The summed E-state index contributed by atoms with van der Waals surface area (Å²) in [5, 5.41) is 29.9. The number of carbonyl (C=O) groups is 2. The lowest BCUT2D eigenvalue weighted by molar-refractivity contribution is -0.161. The molecule has 45 heavy (non-hydrogen) atoms. The molecular weight excluding hydrogens is 568 g/mol. The summed E-state index contributed by atoms with van der Waals surface area (Å²) in [6.45, 7) is 6.06. The summed E-state index contributed by atoms with van der Waals surface area (Å²) in [6.07, 6.45) is 30.7. The molecule has 0 aliphatic heterocycles. The molecule has 0 bridgehead atoms. The number of ether oxygens (including phenoxy) is 2. The SMILES string of the molecule is CC/C=C\C/C=C\C/C=C\C/C=C\C[C@@H](O)[C@H](O)CCCC(=O)O[C@@H](CO)COC(=O)CCCCCCCCCCCC(C)C. The molecule has 0 heterocycles. The van der Waals surface area contributed by atoms with Crippen molar-refractivity contribution >= 4 is 11.9 Å². The topological polar surface area (TPSA) is 113 Å². The van der Waals surface area contributed by atoms with Crippen molar-refractivity contribution < 1.29 is 34.4 Å². The molecule has 0 aromatic heterocycles. The summed E-state index contributed by atoms with van der Waals surface area (Å²) >= 11 is 0. The minimum atomic E-state index is -0.945. The fraction of sp³-hybridized carbons (Fsp3) is 0.737. The van der Waals surface area contributed by atoms with Gasteiger partial charge in [-0.15, -0.1) is 0 Å². The van der Waals surface area contributed by atoms with E-state index in [2.05, 4.69) is 57.2 Å². The number of rotatable bonds is 30. The molecule has 0 aliphatic carbocycles. The van der Waals surface area contributed by atoms with Gasteiger partial charge in [-0.1, -0.05) is 127 Å². The highest BCUT2D eigenvalue weighted by Gasteiger charge is 2.18. The van der Waals surface area contributed by atoms with Crippen LogP contribution in [0.5, 0.6) is 0 Å². The molecule has 0 fully saturated rings. The molecule has 3 atom stereocenters. The monoisotopic (exact) mass is 634 g/mol. The van der Waals surface area contributed by atoms with Crippen molar-refractivity contribution in [2.75, 3.05) is 13.2 Å². The van der Waals surface area contributed by atoms with Crippen molar-refractivity contribution in [1.29, 1.82) is 0 Å². The largest absolute Gasteiger partial charge is 0.462 e. The Morgan fingerprint density at radius 3 is 1.69 bits per heavy atom. The smallest absolute Gasteiger partial charge is 0.306 e. The number of hydrogen-bond donors (Lipinski definition) is 3. The molecule has 7 nitrogen and oxygen atoms in total. The van der Waals surface area contributed by atoms with Crippen LogP contribution < -0.4 is 0 Å². The van der Waals surface area contributed by atoms with Crippen LogP contribution in [0.15, 0.2) is 48.6 Å². The Kier molecular flexibility index (Phi) is 30.2. The number of unbranched alkanes of at least 4 members (excludes halogenated alkanes) is 8. The van der Waals surface area contributed by atoms with Crippen molar-refractivity contribution in [3.8, 4) is 0 Å². The Bertz CT molecular complexity index is 815. The Morgan fingerprint density at radius 2 is 1.13 bits per heavy atom. The van der Waals surface area contributed by atoms with E-state index < -0.39 is 30.9 Å². The number of aliphatic hydroxyl groups is 3. The zero-order valence-electron chi connectivity index (χ0n) is 28.8. The lowest BCUT2D eigenvalue weighted by atomic mass is 10.0. The summed E-state index contributed by atoms with van der Waals surface area (Å²) in [5.74, 6) is -0.0855. The predicted molar refractivity (Wildman–Crippen MR) is 185 cm³/mol. The summed E-state index contributed by atoms with van der Waals surface area (Å²) in [7, 11) is 0. The van der Waals surface area contributed by atoms with Gasteiger partial charge < -0.3 is 24.8 Å². The predicted octanol–water partition coefficient (Wildman–Crippen LogP) is 8.47. The zero-order chi connectivity index (χ0) is 33.4. The van der Waals surface area contributed by atoms with Crippen molar-refractivity contribution in [3.63, 3.8) is 0 Å². The minimum Gasteiger partial charge on any atom is -0.462 e. The Labute approximate surface area is 274 Å². The molecular formula is C38H66O7. The van der Waals surface area contributed by atoms with Gasteiger partial charge in [0.25, 0.3) is 0 Å². The van der Waals surface area contributed by atoms with E-state index in [4.69, 9.17) is 9.47 Å². The third-order valence-corrected chi connectivity index (χ3v) is 7.52. The average Bonchev–Trinajstić information content (AvgIpc) is 3.01. The van der Waals surface area contributed by atoms with Crippen LogP contribution >= 0.6 is 0 Å². The molecule has 0 saturated heterocycles. The summed E-state index contributed by atoms with van der Waals surface area (Å²) in [5.41, 5.74) is 0. The van der Waals surface area contributed by atoms with Gasteiger partial charge in [0.2, 0.25) is 0 Å². The van der Waals surface area contributed by atoms with E-state index in [-0.39, 0.29) is 25.4 Å². The van der Waals surface area contributed by atoms with Gasteiger partial charge >= 0.3 is 11.9 Å². The van der Waals surface area contributed by atoms with Crippen molar-refractivity contribution in [1.82, 2.24) is 0 Å². The zero-order valence-corrected chi connectivity index (χ0v) is 28.8. The average molecular weight is 635 g/mol. The molecule has 0 amide bonds. The maximum absolute atomic E-state index is 12.2. The maximum Gasteiger partial charge on any atom is 0.306 e. The first-order valence-corrected chi connectivity index (χ1v) is 17.7. The first-order valence-electron chi connectivity index (χ1n) is 17.7. The van der Waals surface area contributed by atoms with Crippen LogP contribution in [-0.2, 0) is 19.1 Å². The molecule has 0 rings (SSSR count). The minimum absolute atomic E-state index is 0.0378. The molecule has 0 aromatic carbocycles. The fourth-order valence-corrected chi connectivity index (χ4v) is 4.71. The fourth-order valence-electron chi connectivity index (χ4n) is 4.71. The highest BCUT2D eigenvalue weighted by molar-refractivity contribution is 5.70. The van der Waals surface area contributed by atoms with Crippen LogP contribution in [0, 0.1) is 5.92 Å². The first-order chi connectivity index (χ1) is 21.8. The molecule has 7 heteroatoms. The van der Waals surface area contributed by atoms with Crippen LogP contribution in [0.3, 0.4) is 0 Å². The second-order valence-electron chi connectivity index (χ2n) is 12.4. The van der Waals surface area contributed by atoms with Gasteiger partial charge in [0.05, 0.1) is 18.8 Å². The van der Waals surface area contributed by atoms with Crippen molar-refractivity contribution in [2.24, 2.45) is 5.92 Å². The van der Waals surface area contributed by atoms with Crippen LogP contribution in [0.1, 0.15) is 143 Å². The van der Waals surface area contributed by atoms with E-state index in [9.17, 15) is 24.9 Å². The Hall–Kier alpha value is -2.22. The highest BCUT2D eigenvalue weighted by atomic mass is 16.6. The number of carbonyl (C=O) groups excluding carboxylic acids is 2. The molecule has 0 radical (unpaired) electrons. The van der Waals surface area contributed by atoms with E-state index in [1.165, 1.54) is 44.9 Å². The van der Waals surface area contributed by atoms with Crippen molar-refractivity contribution in [2.45, 2.75) is 161 Å². The molecule has 0 spiro atoms. The van der Waals surface area contributed by atoms with E-state index in [0.717, 1.165) is 50.9 Å². The summed E-state index contributed by atoms with van der Waals surface area (Å²) < 4.78 is 10.4. The van der Waals surface area contributed by atoms with Gasteiger partial charge in [-0.2, -0.15) is 0 Å². The summed E-state index contributed by atoms with van der Waals surface area (Å²) in [4.78, 5) is 24.2. The molecule has 3 N–H and O–H groups in total.